The van der Waals surface area contributed by atoms with Gasteiger partial charge in [0, 0.05) is 38.0 Å². The molecule has 1 aliphatic carbocycles. The van der Waals surface area contributed by atoms with Gasteiger partial charge in [-0.15, -0.1) is 0 Å². The Bertz CT molecular complexity index is 931. The van der Waals surface area contributed by atoms with E-state index in [9.17, 15) is 9.59 Å². The van der Waals surface area contributed by atoms with Crippen LogP contribution in [0, 0.1) is 5.92 Å². The first kappa shape index (κ1) is 22.4. The van der Waals surface area contributed by atoms with Gasteiger partial charge >= 0.3 is 0 Å². The highest BCUT2D eigenvalue weighted by Crippen LogP contribution is 2.32. The number of piperidine rings is 1. The Balaban J connectivity index is 1.49. The van der Waals surface area contributed by atoms with Gasteiger partial charge in [0.15, 0.2) is 0 Å². The van der Waals surface area contributed by atoms with Crippen molar-refractivity contribution >= 4 is 11.8 Å². The Labute approximate surface area is 189 Å². The number of aromatic nitrogens is 2. The van der Waals surface area contributed by atoms with Crippen LogP contribution in [-0.4, -0.2) is 53.9 Å². The molecule has 0 spiro atoms. The molecule has 1 saturated heterocycles. The number of likely N-dealkylation sites (tertiary alicyclic amines) is 1. The summed E-state index contributed by atoms with van der Waals surface area (Å²) in [6, 6.07) is 7.54. The van der Waals surface area contributed by atoms with Gasteiger partial charge in [0.1, 0.15) is 23.0 Å². The van der Waals surface area contributed by atoms with E-state index < -0.39 is 0 Å². The maximum Gasteiger partial charge on any atom is 0.269 e. The summed E-state index contributed by atoms with van der Waals surface area (Å²) in [6.07, 6.45) is 8.75. The minimum Gasteiger partial charge on any atom is -0.497 e. The highest BCUT2D eigenvalue weighted by Gasteiger charge is 2.29. The number of amides is 2. The van der Waals surface area contributed by atoms with Crippen LogP contribution in [-0.2, 0) is 4.79 Å². The van der Waals surface area contributed by atoms with Crippen molar-refractivity contribution < 1.29 is 14.3 Å². The van der Waals surface area contributed by atoms with Crippen LogP contribution in [0.2, 0.25) is 0 Å². The molecule has 1 saturated carbocycles. The summed E-state index contributed by atoms with van der Waals surface area (Å²) in [6.45, 7) is 1.47. The molecule has 0 bridgehead atoms. The van der Waals surface area contributed by atoms with E-state index in [1.165, 1.54) is 25.7 Å². The number of methoxy groups -OCH3 is 1. The monoisotopic (exact) mass is 438 g/mol. The molecule has 2 aliphatic rings. The summed E-state index contributed by atoms with van der Waals surface area (Å²) >= 11 is 0. The number of nitrogens with zero attached hydrogens (tertiary/aromatic N) is 2. The van der Waals surface area contributed by atoms with Gasteiger partial charge in [-0.3, -0.25) is 9.59 Å². The lowest BCUT2D eigenvalue weighted by molar-refractivity contribution is -0.132. The average molecular weight is 439 g/mol. The summed E-state index contributed by atoms with van der Waals surface area (Å²) in [5.74, 6) is 2.43. The second-order valence-corrected chi connectivity index (χ2v) is 9.02. The number of H-pyrrole nitrogens is 1. The molecule has 2 N–H and O–H groups in total. The van der Waals surface area contributed by atoms with E-state index in [1.54, 1.807) is 14.2 Å². The molecule has 7 nitrogen and oxygen atoms in total. The van der Waals surface area contributed by atoms with Crippen molar-refractivity contribution in [3.8, 4) is 17.0 Å². The topological polar surface area (TPSA) is 87.3 Å². The van der Waals surface area contributed by atoms with Crippen molar-refractivity contribution in [1.82, 2.24) is 20.2 Å². The van der Waals surface area contributed by atoms with Gasteiger partial charge in [-0.25, -0.2) is 4.98 Å². The maximum atomic E-state index is 12.9. The number of hydrogen-bond donors (Lipinski definition) is 2. The van der Waals surface area contributed by atoms with Crippen molar-refractivity contribution in [2.75, 3.05) is 27.2 Å². The fraction of sp³-hybridized carbons (Fsp3) is 0.560. The van der Waals surface area contributed by atoms with Gasteiger partial charge in [0.25, 0.3) is 5.91 Å². The first-order valence-corrected chi connectivity index (χ1v) is 11.8. The summed E-state index contributed by atoms with van der Waals surface area (Å²) in [4.78, 5) is 35.5. The predicted octanol–water partition coefficient (Wildman–Crippen LogP) is 4.12. The van der Waals surface area contributed by atoms with Crippen LogP contribution in [0.15, 0.2) is 24.3 Å². The standard InChI is InChI=1S/C25H34N4O3/c1-26-25(31)23-22(18-10-12-20(32-2)13-11-18)27-24(28-23)19-8-5-15-29(16-19)21(30)14-9-17-6-3-4-7-17/h10-13,17,19H,3-9,14-16H2,1-2H3,(H,26,31)(H,27,28)/t19-/m1/s1. The third-order valence-electron chi connectivity index (χ3n) is 6.94. The summed E-state index contributed by atoms with van der Waals surface area (Å²) < 4.78 is 5.25. The molecule has 2 heterocycles. The highest BCUT2D eigenvalue weighted by molar-refractivity contribution is 5.98. The molecule has 0 radical (unpaired) electrons. The first-order valence-electron chi connectivity index (χ1n) is 11.8. The molecular formula is C25H34N4O3. The minimum absolute atomic E-state index is 0.106. The van der Waals surface area contributed by atoms with Crippen LogP contribution in [0.5, 0.6) is 5.75 Å². The molecule has 4 rings (SSSR count). The van der Waals surface area contributed by atoms with Gasteiger partial charge in [-0.1, -0.05) is 25.7 Å². The maximum absolute atomic E-state index is 12.9. The van der Waals surface area contributed by atoms with E-state index in [0.29, 0.717) is 24.4 Å². The number of imidazole rings is 1. The Morgan fingerprint density at radius 2 is 1.91 bits per heavy atom. The summed E-state index contributed by atoms with van der Waals surface area (Å²) in [7, 11) is 3.24. The van der Waals surface area contributed by atoms with Gasteiger partial charge < -0.3 is 19.9 Å². The lowest BCUT2D eigenvalue weighted by Crippen LogP contribution is -2.39. The molecule has 1 atom stereocenters. The Kier molecular flexibility index (Phi) is 7.12. The zero-order chi connectivity index (χ0) is 22.5. The highest BCUT2D eigenvalue weighted by atomic mass is 16.5. The van der Waals surface area contributed by atoms with E-state index in [2.05, 4.69) is 10.3 Å². The first-order chi connectivity index (χ1) is 15.6. The van der Waals surface area contributed by atoms with E-state index >= 15 is 0 Å². The third kappa shape index (κ3) is 4.97. The van der Waals surface area contributed by atoms with E-state index in [4.69, 9.17) is 9.72 Å². The van der Waals surface area contributed by atoms with Crippen LogP contribution in [0.3, 0.4) is 0 Å². The second-order valence-electron chi connectivity index (χ2n) is 9.02. The summed E-state index contributed by atoms with van der Waals surface area (Å²) in [5, 5.41) is 2.70. The van der Waals surface area contributed by atoms with E-state index in [-0.39, 0.29) is 17.7 Å². The number of carbonyl (C=O) groups is 2. The van der Waals surface area contributed by atoms with Crippen molar-refractivity contribution in [2.24, 2.45) is 5.92 Å². The largest absolute Gasteiger partial charge is 0.497 e. The normalized spacial score (nSPS) is 19.2. The molecule has 1 aromatic heterocycles. The molecule has 1 aliphatic heterocycles. The minimum atomic E-state index is -0.199. The number of hydrogen-bond acceptors (Lipinski definition) is 4. The van der Waals surface area contributed by atoms with Crippen molar-refractivity contribution in [3.05, 3.63) is 35.8 Å². The van der Waals surface area contributed by atoms with Crippen molar-refractivity contribution in [1.29, 1.82) is 0 Å². The lowest BCUT2D eigenvalue weighted by Gasteiger charge is -2.32. The molecule has 172 valence electrons. The van der Waals surface area contributed by atoms with E-state index in [1.807, 2.05) is 29.2 Å². The summed E-state index contributed by atoms with van der Waals surface area (Å²) in [5.41, 5.74) is 1.94. The zero-order valence-corrected chi connectivity index (χ0v) is 19.2. The van der Waals surface area contributed by atoms with Crippen LogP contribution in [0.1, 0.15) is 73.6 Å². The van der Waals surface area contributed by atoms with Crippen LogP contribution in [0.4, 0.5) is 0 Å². The fourth-order valence-electron chi connectivity index (χ4n) is 5.04. The number of aromatic amines is 1. The molecular weight excluding hydrogens is 404 g/mol. The molecule has 1 aromatic carbocycles. The Morgan fingerprint density at radius 3 is 2.59 bits per heavy atom. The smallest absolute Gasteiger partial charge is 0.269 e. The third-order valence-corrected chi connectivity index (χ3v) is 6.94. The number of rotatable bonds is 7. The van der Waals surface area contributed by atoms with Crippen LogP contribution < -0.4 is 10.1 Å². The van der Waals surface area contributed by atoms with Gasteiger partial charge in [-0.2, -0.15) is 0 Å². The van der Waals surface area contributed by atoms with Crippen molar-refractivity contribution in [3.63, 3.8) is 0 Å². The van der Waals surface area contributed by atoms with E-state index in [0.717, 1.165) is 48.9 Å². The molecule has 2 fully saturated rings. The number of benzene rings is 1. The van der Waals surface area contributed by atoms with Gasteiger partial charge in [-0.05, 0) is 49.4 Å². The second kappa shape index (κ2) is 10.2. The quantitative estimate of drug-likeness (QED) is 0.681. The Morgan fingerprint density at radius 1 is 1.16 bits per heavy atom. The van der Waals surface area contributed by atoms with Crippen molar-refractivity contribution in [2.45, 2.75) is 57.3 Å². The van der Waals surface area contributed by atoms with Gasteiger partial charge in [0.2, 0.25) is 5.91 Å². The number of carbonyl (C=O) groups excluding carboxylic acids is 2. The predicted molar refractivity (Wildman–Crippen MR) is 124 cm³/mol. The molecule has 2 aromatic rings. The molecule has 2 amide bonds. The number of nitrogens with one attached hydrogen (secondary N) is 2. The molecule has 7 heteroatoms. The Hall–Kier alpha value is -2.83. The van der Waals surface area contributed by atoms with Crippen LogP contribution >= 0.6 is 0 Å². The number of ether oxygens (including phenoxy) is 1. The van der Waals surface area contributed by atoms with Crippen LogP contribution in [0.25, 0.3) is 11.3 Å². The van der Waals surface area contributed by atoms with Gasteiger partial charge in [0.05, 0.1) is 7.11 Å². The average Bonchev–Trinajstić information content (AvgIpc) is 3.52. The molecule has 32 heavy (non-hydrogen) atoms. The SMILES string of the molecule is CNC(=O)c1[nH]c([C@@H]2CCCN(C(=O)CCC3CCCC3)C2)nc1-c1ccc(OC)cc1. The molecule has 0 unspecified atom stereocenters. The fourth-order valence-corrected chi connectivity index (χ4v) is 5.04. The zero-order valence-electron chi connectivity index (χ0n) is 19.2. The lowest BCUT2D eigenvalue weighted by atomic mass is 9.96.